The molecule has 11 heavy (non-hydrogen) atoms. The molecule has 0 unspecified atom stereocenters. The SMILES string of the molecule is C[C@@H]1CCC[C@H]2CCCCN21. The molecule has 2 atom stereocenters. The molecule has 0 bridgehead atoms. The summed E-state index contributed by atoms with van der Waals surface area (Å²) in [5, 5.41) is 0. The van der Waals surface area contributed by atoms with Gasteiger partial charge >= 0.3 is 0 Å². The van der Waals surface area contributed by atoms with Crippen molar-refractivity contribution in [2.45, 2.75) is 57.5 Å². The maximum absolute atomic E-state index is 2.74. The van der Waals surface area contributed by atoms with Crippen molar-refractivity contribution in [2.24, 2.45) is 0 Å². The minimum atomic E-state index is 0.883. The Morgan fingerprint density at radius 1 is 1.00 bits per heavy atom. The Labute approximate surface area is 69.8 Å². The van der Waals surface area contributed by atoms with E-state index < -0.39 is 0 Å². The highest BCUT2D eigenvalue weighted by Crippen LogP contribution is 2.29. The summed E-state index contributed by atoms with van der Waals surface area (Å²) in [5.74, 6) is 0. The van der Waals surface area contributed by atoms with E-state index in [0.29, 0.717) is 0 Å². The third-order valence-corrected chi connectivity index (χ3v) is 3.40. The molecule has 1 nitrogen and oxygen atoms in total. The molecular weight excluding hydrogens is 134 g/mol. The van der Waals surface area contributed by atoms with Crippen molar-refractivity contribution >= 4 is 0 Å². The monoisotopic (exact) mass is 153 g/mol. The second-order valence-electron chi connectivity index (χ2n) is 4.17. The van der Waals surface area contributed by atoms with E-state index in [1.165, 1.54) is 45.1 Å². The molecule has 0 spiro atoms. The van der Waals surface area contributed by atoms with E-state index in [1.54, 1.807) is 0 Å². The van der Waals surface area contributed by atoms with Gasteiger partial charge in [-0.15, -0.1) is 0 Å². The van der Waals surface area contributed by atoms with Gasteiger partial charge in [0.15, 0.2) is 0 Å². The van der Waals surface area contributed by atoms with Crippen LogP contribution in [0.4, 0.5) is 0 Å². The van der Waals surface area contributed by atoms with Gasteiger partial charge in [-0.1, -0.05) is 12.8 Å². The molecule has 0 N–H and O–H groups in total. The maximum Gasteiger partial charge on any atom is 0.00980 e. The number of piperidine rings is 2. The van der Waals surface area contributed by atoms with E-state index in [2.05, 4.69) is 11.8 Å². The largest absolute Gasteiger partial charge is 0.298 e. The first-order valence-corrected chi connectivity index (χ1v) is 5.13. The lowest BCUT2D eigenvalue weighted by Gasteiger charge is -2.43. The van der Waals surface area contributed by atoms with Crippen molar-refractivity contribution in [3.8, 4) is 0 Å². The van der Waals surface area contributed by atoms with Crippen LogP contribution in [0.5, 0.6) is 0 Å². The summed E-state index contributed by atoms with van der Waals surface area (Å²) < 4.78 is 0. The average molecular weight is 153 g/mol. The van der Waals surface area contributed by atoms with Crippen LogP contribution in [-0.2, 0) is 0 Å². The van der Waals surface area contributed by atoms with Crippen molar-refractivity contribution < 1.29 is 0 Å². The zero-order valence-electron chi connectivity index (χ0n) is 7.55. The average Bonchev–Trinajstić information content (AvgIpc) is 2.06. The zero-order valence-corrected chi connectivity index (χ0v) is 7.55. The van der Waals surface area contributed by atoms with Gasteiger partial charge in [-0.3, -0.25) is 4.90 Å². The molecule has 0 aromatic heterocycles. The predicted octanol–water partition coefficient (Wildman–Crippen LogP) is 2.41. The number of hydrogen-bond acceptors (Lipinski definition) is 1. The number of fused-ring (bicyclic) bond motifs is 1. The molecule has 0 amide bonds. The van der Waals surface area contributed by atoms with Gasteiger partial charge in [0.2, 0.25) is 0 Å². The van der Waals surface area contributed by atoms with E-state index in [0.717, 1.165) is 12.1 Å². The Bertz CT molecular complexity index is 131. The standard InChI is InChI=1S/C10H19N/c1-9-5-4-7-10-6-2-3-8-11(9)10/h9-10H,2-8H2,1H3/t9-,10-/m1/s1. The van der Waals surface area contributed by atoms with Gasteiger partial charge in [-0.05, 0) is 39.2 Å². The number of hydrogen-bond donors (Lipinski definition) is 0. The van der Waals surface area contributed by atoms with Crippen LogP contribution in [-0.4, -0.2) is 23.5 Å². The molecule has 0 aromatic carbocycles. The topological polar surface area (TPSA) is 3.24 Å². The van der Waals surface area contributed by atoms with Crippen molar-refractivity contribution in [2.75, 3.05) is 6.54 Å². The van der Waals surface area contributed by atoms with Crippen molar-refractivity contribution in [3.63, 3.8) is 0 Å². The van der Waals surface area contributed by atoms with Crippen LogP contribution in [0.25, 0.3) is 0 Å². The Morgan fingerprint density at radius 2 is 1.82 bits per heavy atom. The predicted molar refractivity (Wildman–Crippen MR) is 47.7 cm³/mol. The Kier molecular flexibility index (Phi) is 2.17. The van der Waals surface area contributed by atoms with Crippen LogP contribution in [0.2, 0.25) is 0 Å². The summed E-state index contributed by atoms with van der Waals surface area (Å²) >= 11 is 0. The first kappa shape index (κ1) is 7.60. The fourth-order valence-corrected chi connectivity index (χ4v) is 2.73. The fourth-order valence-electron chi connectivity index (χ4n) is 2.73. The Balaban J connectivity index is 1.99. The van der Waals surface area contributed by atoms with Crippen LogP contribution in [0.15, 0.2) is 0 Å². The lowest BCUT2D eigenvalue weighted by Crippen LogP contribution is -2.47. The van der Waals surface area contributed by atoms with Crippen LogP contribution in [0, 0.1) is 0 Å². The molecule has 0 aromatic rings. The quantitative estimate of drug-likeness (QED) is 0.516. The van der Waals surface area contributed by atoms with Crippen LogP contribution < -0.4 is 0 Å². The smallest absolute Gasteiger partial charge is 0.00980 e. The minimum Gasteiger partial charge on any atom is -0.298 e. The van der Waals surface area contributed by atoms with Crippen LogP contribution in [0.1, 0.15) is 45.4 Å². The number of rotatable bonds is 0. The van der Waals surface area contributed by atoms with Crippen molar-refractivity contribution in [1.29, 1.82) is 0 Å². The molecular formula is C10H19N. The Hall–Kier alpha value is -0.0400. The first-order valence-electron chi connectivity index (χ1n) is 5.13. The van der Waals surface area contributed by atoms with E-state index in [-0.39, 0.29) is 0 Å². The molecule has 2 aliphatic heterocycles. The van der Waals surface area contributed by atoms with Gasteiger partial charge < -0.3 is 0 Å². The molecule has 2 aliphatic rings. The molecule has 0 aliphatic carbocycles. The molecule has 0 radical (unpaired) electrons. The molecule has 64 valence electrons. The normalized spacial score (nSPS) is 40.1. The maximum atomic E-state index is 2.74. The highest BCUT2D eigenvalue weighted by molar-refractivity contribution is 4.84. The zero-order chi connectivity index (χ0) is 7.68. The summed E-state index contributed by atoms with van der Waals surface area (Å²) in [6, 6.07) is 1.85. The van der Waals surface area contributed by atoms with Crippen molar-refractivity contribution in [3.05, 3.63) is 0 Å². The molecule has 0 saturated carbocycles. The fraction of sp³-hybridized carbons (Fsp3) is 1.00. The van der Waals surface area contributed by atoms with Gasteiger partial charge in [-0.2, -0.15) is 0 Å². The summed E-state index contributed by atoms with van der Waals surface area (Å²) in [5.41, 5.74) is 0. The second-order valence-corrected chi connectivity index (χ2v) is 4.17. The van der Waals surface area contributed by atoms with Gasteiger partial charge in [0.05, 0.1) is 0 Å². The third-order valence-electron chi connectivity index (χ3n) is 3.40. The molecule has 2 heterocycles. The molecule has 2 rings (SSSR count). The summed E-state index contributed by atoms with van der Waals surface area (Å²) in [6.45, 7) is 3.78. The first-order chi connectivity index (χ1) is 5.38. The lowest BCUT2D eigenvalue weighted by molar-refractivity contribution is 0.0614. The van der Waals surface area contributed by atoms with E-state index in [9.17, 15) is 0 Å². The van der Waals surface area contributed by atoms with Crippen LogP contribution in [0.3, 0.4) is 0 Å². The number of nitrogens with zero attached hydrogens (tertiary/aromatic N) is 1. The summed E-state index contributed by atoms with van der Waals surface area (Å²) in [4.78, 5) is 2.74. The van der Waals surface area contributed by atoms with Gasteiger partial charge in [0.1, 0.15) is 0 Å². The highest BCUT2D eigenvalue weighted by Gasteiger charge is 2.29. The van der Waals surface area contributed by atoms with Gasteiger partial charge in [-0.25, -0.2) is 0 Å². The van der Waals surface area contributed by atoms with E-state index in [1.807, 2.05) is 0 Å². The van der Waals surface area contributed by atoms with Gasteiger partial charge in [0.25, 0.3) is 0 Å². The molecule has 2 fully saturated rings. The molecule has 1 heteroatoms. The lowest BCUT2D eigenvalue weighted by atomic mass is 9.90. The summed E-state index contributed by atoms with van der Waals surface area (Å²) in [6.07, 6.45) is 8.79. The highest BCUT2D eigenvalue weighted by atomic mass is 15.2. The molecule has 2 saturated heterocycles. The van der Waals surface area contributed by atoms with E-state index >= 15 is 0 Å². The second kappa shape index (κ2) is 3.14. The minimum absolute atomic E-state index is 0.883. The van der Waals surface area contributed by atoms with E-state index in [4.69, 9.17) is 0 Å². The van der Waals surface area contributed by atoms with Crippen LogP contribution >= 0.6 is 0 Å². The third kappa shape index (κ3) is 1.44. The van der Waals surface area contributed by atoms with Gasteiger partial charge in [0, 0.05) is 12.1 Å². The summed E-state index contributed by atoms with van der Waals surface area (Å²) in [7, 11) is 0. The van der Waals surface area contributed by atoms with Crippen molar-refractivity contribution in [1.82, 2.24) is 4.90 Å². The Morgan fingerprint density at radius 3 is 2.64 bits per heavy atom.